The number of carbonyl (C=O) groups excluding carboxylic acids is 1. The zero-order valence-electron chi connectivity index (χ0n) is 12.9. The van der Waals surface area contributed by atoms with Gasteiger partial charge in [-0.1, -0.05) is 0 Å². The first-order valence-corrected chi connectivity index (χ1v) is 6.98. The number of nitrogens with zero attached hydrogens (tertiary/aromatic N) is 1. The van der Waals surface area contributed by atoms with Gasteiger partial charge in [-0.3, -0.25) is 4.79 Å². The zero-order chi connectivity index (χ0) is 15.8. The van der Waals surface area contributed by atoms with Crippen molar-refractivity contribution in [2.45, 2.75) is 25.9 Å². The van der Waals surface area contributed by atoms with Crippen LogP contribution >= 0.6 is 12.2 Å². The molecule has 114 valence electrons. The fraction of sp³-hybridized carbons (Fsp3) is 0.467. The summed E-state index contributed by atoms with van der Waals surface area (Å²) in [7, 11) is 5.09. The molecule has 0 saturated heterocycles. The lowest BCUT2D eigenvalue weighted by Crippen LogP contribution is -2.36. The molecule has 1 aliphatic rings. The van der Waals surface area contributed by atoms with Crippen molar-refractivity contribution in [1.29, 1.82) is 0 Å². The number of carbonyl (C=O) groups is 1. The highest BCUT2D eigenvalue weighted by Crippen LogP contribution is 2.45. The highest BCUT2D eigenvalue weighted by Gasteiger charge is 2.35. The maximum atomic E-state index is 12.2. The highest BCUT2D eigenvalue weighted by atomic mass is 32.1. The van der Waals surface area contributed by atoms with Crippen molar-refractivity contribution in [2.75, 3.05) is 21.2 Å². The quantitative estimate of drug-likeness (QED) is 0.783. The summed E-state index contributed by atoms with van der Waals surface area (Å²) in [6.45, 7) is 3.73. The number of hydrogen-bond donors (Lipinski definition) is 0. The molecule has 0 bridgehead atoms. The predicted octanol–water partition coefficient (Wildman–Crippen LogP) is 2.66. The summed E-state index contributed by atoms with van der Waals surface area (Å²) in [5.41, 5.74) is -0.0628. The molecule has 6 heteroatoms. The maximum absolute atomic E-state index is 12.2. The van der Waals surface area contributed by atoms with Crippen LogP contribution in [0.15, 0.2) is 12.1 Å². The first kappa shape index (κ1) is 15.6. The Bertz CT molecular complexity index is 596. The topological polar surface area (TPSA) is 48.0 Å². The second-order valence-corrected chi connectivity index (χ2v) is 6.05. The van der Waals surface area contributed by atoms with E-state index in [9.17, 15) is 4.79 Å². The molecule has 0 aromatic heterocycles. The Hall–Kier alpha value is -1.82. The van der Waals surface area contributed by atoms with E-state index in [1.165, 1.54) is 7.11 Å². The van der Waals surface area contributed by atoms with Crippen LogP contribution in [-0.4, -0.2) is 42.7 Å². The molecule has 21 heavy (non-hydrogen) atoms. The smallest absolute Gasteiger partial charge is 0.264 e. The van der Waals surface area contributed by atoms with E-state index >= 15 is 0 Å². The number of hydrogen-bond acceptors (Lipinski definition) is 5. The molecule has 1 aromatic carbocycles. The summed E-state index contributed by atoms with van der Waals surface area (Å²) >= 11 is 5.13. The third-order valence-corrected chi connectivity index (χ3v) is 3.56. The van der Waals surface area contributed by atoms with Crippen LogP contribution in [0.5, 0.6) is 17.2 Å². The van der Waals surface area contributed by atoms with Gasteiger partial charge in [0.2, 0.25) is 5.75 Å². The average molecular weight is 309 g/mol. The highest BCUT2D eigenvalue weighted by molar-refractivity contribution is 7.80. The first-order chi connectivity index (χ1) is 9.75. The number of rotatable bonds is 2. The molecule has 0 unspecified atom stereocenters. The van der Waals surface area contributed by atoms with Crippen molar-refractivity contribution in [2.24, 2.45) is 0 Å². The van der Waals surface area contributed by atoms with Crippen molar-refractivity contribution < 1.29 is 19.0 Å². The number of thiocarbonyl (C=S) groups is 1. The molecule has 0 amide bonds. The van der Waals surface area contributed by atoms with Crippen LogP contribution in [0.1, 0.15) is 30.6 Å². The summed E-state index contributed by atoms with van der Waals surface area (Å²) in [4.78, 5) is 13.9. The summed E-state index contributed by atoms with van der Waals surface area (Å²) in [5, 5.41) is 0.301. The van der Waals surface area contributed by atoms with E-state index in [2.05, 4.69) is 0 Å². The standard InChI is InChI=1S/C15H19NO4S/c1-15(2)8-10(17)9-6-7-11(19-14(21)16(3)4)13(18-5)12(9)20-15/h6-7H,8H2,1-5H3. The minimum absolute atomic E-state index is 0.0290. The Morgan fingerprint density at radius 1 is 1.38 bits per heavy atom. The van der Waals surface area contributed by atoms with Crippen molar-refractivity contribution >= 4 is 23.2 Å². The Labute approximate surface area is 129 Å². The van der Waals surface area contributed by atoms with Gasteiger partial charge < -0.3 is 19.1 Å². The van der Waals surface area contributed by atoms with Crippen LogP contribution in [-0.2, 0) is 0 Å². The van der Waals surface area contributed by atoms with E-state index in [1.807, 2.05) is 13.8 Å². The molecular formula is C15H19NO4S. The van der Waals surface area contributed by atoms with E-state index in [1.54, 1.807) is 31.1 Å². The van der Waals surface area contributed by atoms with Crippen molar-refractivity contribution in [3.63, 3.8) is 0 Å². The van der Waals surface area contributed by atoms with Crippen LogP contribution in [0.25, 0.3) is 0 Å². The summed E-state index contributed by atoms with van der Waals surface area (Å²) < 4.78 is 16.9. The zero-order valence-corrected chi connectivity index (χ0v) is 13.7. The van der Waals surface area contributed by atoms with E-state index < -0.39 is 5.60 Å². The number of benzene rings is 1. The second-order valence-electron chi connectivity index (χ2n) is 5.70. The van der Waals surface area contributed by atoms with Gasteiger partial charge in [0, 0.05) is 14.1 Å². The molecule has 1 aromatic rings. The van der Waals surface area contributed by atoms with Crippen LogP contribution in [0.2, 0.25) is 0 Å². The third-order valence-electron chi connectivity index (χ3n) is 3.11. The Morgan fingerprint density at radius 3 is 2.62 bits per heavy atom. The van der Waals surface area contributed by atoms with Crippen molar-refractivity contribution in [3.05, 3.63) is 17.7 Å². The van der Waals surface area contributed by atoms with Gasteiger partial charge in [-0.2, -0.15) is 0 Å². The van der Waals surface area contributed by atoms with Crippen LogP contribution in [0.3, 0.4) is 0 Å². The van der Waals surface area contributed by atoms with Gasteiger partial charge in [0.15, 0.2) is 17.3 Å². The average Bonchev–Trinajstić information content (AvgIpc) is 2.36. The normalized spacial score (nSPS) is 15.8. The fourth-order valence-electron chi connectivity index (χ4n) is 2.12. The van der Waals surface area contributed by atoms with Gasteiger partial charge >= 0.3 is 0 Å². The van der Waals surface area contributed by atoms with Crippen LogP contribution in [0.4, 0.5) is 0 Å². The number of fused-ring (bicyclic) bond motifs is 1. The van der Waals surface area contributed by atoms with E-state index in [0.29, 0.717) is 34.4 Å². The Morgan fingerprint density at radius 2 is 2.05 bits per heavy atom. The Balaban J connectivity index is 2.48. The lowest BCUT2D eigenvalue weighted by Gasteiger charge is -2.32. The summed E-state index contributed by atoms with van der Waals surface area (Å²) in [6.07, 6.45) is 0.333. The van der Waals surface area contributed by atoms with Gasteiger partial charge in [0.1, 0.15) is 5.60 Å². The molecular weight excluding hydrogens is 290 g/mol. The van der Waals surface area contributed by atoms with E-state index in [4.69, 9.17) is 26.4 Å². The van der Waals surface area contributed by atoms with Crippen molar-refractivity contribution in [1.82, 2.24) is 4.90 Å². The van der Waals surface area contributed by atoms with Crippen LogP contribution < -0.4 is 14.2 Å². The monoisotopic (exact) mass is 309 g/mol. The SMILES string of the molecule is COc1c(OC(=S)N(C)C)ccc2c1OC(C)(C)CC2=O. The first-order valence-electron chi connectivity index (χ1n) is 6.57. The predicted molar refractivity (Wildman–Crippen MR) is 83.6 cm³/mol. The molecule has 0 fully saturated rings. The molecule has 1 aliphatic heterocycles. The van der Waals surface area contributed by atoms with Gasteiger partial charge in [-0.25, -0.2) is 0 Å². The fourth-order valence-corrected chi connectivity index (χ4v) is 2.21. The van der Waals surface area contributed by atoms with Gasteiger partial charge in [-0.15, -0.1) is 0 Å². The van der Waals surface area contributed by atoms with Crippen LogP contribution in [0, 0.1) is 0 Å². The number of methoxy groups -OCH3 is 1. The molecule has 0 saturated carbocycles. The minimum Gasteiger partial charge on any atom is -0.490 e. The summed E-state index contributed by atoms with van der Waals surface area (Å²) in [6, 6.07) is 3.36. The molecule has 5 nitrogen and oxygen atoms in total. The molecule has 0 aliphatic carbocycles. The van der Waals surface area contributed by atoms with Crippen molar-refractivity contribution in [3.8, 4) is 17.2 Å². The van der Waals surface area contributed by atoms with E-state index in [-0.39, 0.29) is 5.78 Å². The number of Topliss-reactive ketones (excluding diaryl/α,β-unsaturated/α-hetero) is 1. The lowest BCUT2D eigenvalue weighted by atomic mass is 9.93. The molecule has 0 atom stereocenters. The van der Waals surface area contributed by atoms with Gasteiger partial charge in [0.05, 0.1) is 19.1 Å². The molecule has 1 heterocycles. The number of ketones is 1. The van der Waals surface area contributed by atoms with Gasteiger partial charge in [0.25, 0.3) is 5.17 Å². The lowest BCUT2D eigenvalue weighted by molar-refractivity contribution is 0.0599. The summed E-state index contributed by atoms with van der Waals surface area (Å²) in [5.74, 6) is 1.26. The molecule has 0 N–H and O–H groups in total. The maximum Gasteiger partial charge on any atom is 0.264 e. The molecule has 2 rings (SSSR count). The Kier molecular flexibility index (Phi) is 4.09. The molecule has 0 spiro atoms. The largest absolute Gasteiger partial charge is 0.490 e. The second kappa shape index (κ2) is 5.52. The minimum atomic E-state index is -0.571. The molecule has 0 radical (unpaired) electrons. The number of ether oxygens (including phenoxy) is 3. The third kappa shape index (κ3) is 3.10. The van der Waals surface area contributed by atoms with E-state index in [0.717, 1.165) is 0 Å². The van der Waals surface area contributed by atoms with Gasteiger partial charge in [-0.05, 0) is 38.2 Å².